The summed E-state index contributed by atoms with van der Waals surface area (Å²) in [6.45, 7) is 4.71. The van der Waals surface area contributed by atoms with Crippen LogP contribution < -0.4 is 0 Å². The Balaban J connectivity index is 0.000000156. The van der Waals surface area contributed by atoms with E-state index in [4.69, 9.17) is 4.74 Å². The minimum absolute atomic E-state index is 0.163. The number of thiophene rings is 2. The van der Waals surface area contributed by atoms with Crippen molar-refractivity contribution in [2.24, 2.45) is 0 Å². The molecule has 5 aromatic rings. The van der Waals surface area contributed by atoms with Crippen molar-refractivity contribution in [2.45, 2.75) is 24.8 Å². The minimum Gasteiger partial charge on any atom is -0.378 e. The largest absolute Gasteiger partial charge is 0.378 e. The van der Waals surface area contributed by atoms with E-state index >= 15 is 0 Å². The number of halogens is 6. The third kappa shape index (κ3) is 9.08. The molecule has 2 aromatic heterocycles. The van der Waals surface area contributed by atoms with Crippen LogP contribution in [0.2, 0.25) is 0 Å². The topological polar surface area (TPSA) is 9.23 Å². The molecule has 196 valence electrons. The van der Waals surface area contributed by atoms with Gasteiger partial charge in [-0.15, -0.1) is 34.4 Å². The highest BCUT2D eigenvalue weighted by Gasteiger charge is 2.06. The van der Waals surface area contributed by atoms with Crippen molar-refractivity contribution in [2.75, 3.05) is 12.4 Å². The van der Waals surface area contributed by atoms with Crippen molar-refractivity contribution in [3.63, 3.8) is 0 Å². The predicted molar refractivity (Wildman–Crippen MR) is 165 cm³/mol. The van der Waals surface area contributed by atoms with E-state index in [1.54, 1.807) is 64.8 Å². The first-order chi connectivity index (χ1) is 17.7. The Bertz CT molecular complexity index is 1420. The summed E-state index contributed by atoms with van der Waals surface area (Å²) < 4.78 is 48.2. The van der Waals surface area contributed by atoms with E-state index in [1.165, 1.54) is 6.07 Å². The molecule has 0 fully saturated rings. The maximum absolute atomic E-state index is 13.2. The highest BCUT2D eigenvalue weighted by atomic mass is 79.9. The Morgan fingerprint density at radius 2 is 1.49 bits per heavy atom. The zero-order valence-electron chi connectivity index (χ0n) is 19.7. The molecule has 10 heteroatoms. The Morgan fingerprint density at radius 1 is 0.811 bits per heavy atom. The molecule has 0 bridgehead atoms. The van der Waals surface area contributed by atoms with Crippen LogP contribution in [0.25, 0.3) is 20.2 Å². The number of benzene rings is 3. The van der Waals surface area contributed by atoms with Gasteiger partial charge in [0, 0.05) is 32.0 Å². The van der Waals surface area contributed by atoms with Gasteiger partial charge in [-0.2, -0.15) is 0 Å². The van der Waals surface area contributed by atoms with Gasteiger partial charge in [-0.1, -0.05) is 0 Å². The number of rotatable bonds is 5. The summed E-state index contributed by atoms with van der Waals surface area (Å²) in [6.07, 6.45) is 0.201. The monoisotopic (exact) mass is 752 g/mol. The van der Waals surface area contributed by atoms with Crippen LogP contribution in [-0.2, 0) is 4.74 Å². The van der Waals surface area contributed by atoms with E-state index in [9.17, 15) is 13.2 Å². The van der Waals surface area contributed by atoms with Crippen molar-refractivity contribution < 1.29 is 17.9 Å². The SMILES string of the molecule is CCOC(C)CSc1ccc(Br)c(F)c1.Fc1c(Br)ccc2sccc12.Fc1cc2sccc2cc1Br. The molecular weight excluding hydrogens is 733 g/mol. The first-order valence-corrected chi connectivity index (χ1v) is 16.1. The van der Waals surface area contributed by atoms with Crippen molar-refractivity contribution in [3.8, 4) is 0 Å². The van der Waals surface area contributed by atoms with Crippen LogP contribution >= 0.6 is 82.2 Å². The molecule has 1 nitrogen and oxygen atoms in total. The quantitative estimate of drug-likeness (QED) is 0.165. The van der Waals surface area contributed by atoms with Gasteiger partial charge in [-0.3, -0.25) is 0 Å². The fourth-order valence-electron chi connectivity index (χ4n) is 3.05. The lowest BCUT2D eigenvalue weighted by molar-refractivity contribution is 0.0932. The summed E-state index contributed by atoms with van der Waals surface area (Å²) in [7, 11) is 0. The highest BCUT2D eigenvalue weighted by molar-refractivity contribution is 9.11. The maximum Gasteiger partial charge on any atom is 0.146 e. The van der Waals surface area contributed by atoms with Gasteiger partial charge in [0.1, 0.15) is 17.5 Å². The van der Waals surface area contributed by atoms with E-state index in [1.807, 2.05) is 42.8 Å². The summed E-state index contributed by atoms with van der Waals surface area (Å²) in [5.74, 6) is 0.266. The lowest BCUT2D eigenvalue weighted by atomic mass is 10.2. The van der Waals surface area contributed by atoms with Gasteiger partial charge < -0.3 is 4.74 Å². The number of hydrogen-bond donors (Lipinski definition) is 0. The van der Waals surface area contributed by atoms with Crippen LogP contribution in [0.1, 0.15) is 13.8 Å². The second-order valence-electron chi connectivity index (χ2n) is 7.57. The third-order valence-corrected chi connectivity index (χ3v) is 9.69. The second kappa shape index (κ2) is 15.1. The molecule has 2 heterocycles. The molecule has 0 spiro atoms. The van der Waals surface area contributed by atoms with Crippen LogP contribution in [0.4, 0.5) is 13.2 Å². The normalized spacial score (nSPS) is 11.6. The summed E-state index contributed by atoms with van der Waals surface area (Å²) in [6, 6.07) is 15.9. The number of hydrogen-bond acceptors (Lipinski definition) is 4. The lowest BCUT2D eigenvalue weighted by Crippen LogP contribution is -2.10. The van der Waals surface area contributed by atoms with Crippen LogP contribution in [0, 0.1) is 17.5 Å². The molecule has 0 N–H and O–H groups in total. The van der Waals surface area contributed by atoms with Gasteiger partial charge in [-0.25, -0.2) is 13.2 Å². The molecule has 0 aliphatic heterocycles. The fraction of sp³-hybridized carbons (Fsp3) is 0.185. The number of fused-ring (bicyclic) bond motifs is 2. The smallest absolute Gasteiger partial charge is 0.146 e. The van der Waals surface area contributed by atoms with E-state index in [0.29, 0.717) is 18.8 Å². The van der Waals surface area contributed by atoms with Gasteiger partial charge in [0.05, 0.1) is 19.5 Å². The Morgan fingerprint density at radius 3 is 2.22 bits per heavy atom. The Hall–Kier alpha value is -0.880. The van der Waals surface area contributed by atoms with E-state index in [2.05, 4.69) is 47.8 Å². The second-order valence-corrected chi connectivity index (χ2v) is 13.1. The standard InChI is InChI=1S/C11H14BrFOS.2C8H4BrFS/c1-3-14-8(2)7-15-9-4-5-10(12)11(13)6-9;9-6-3-5-1-2-11-8(5)4-7(6)10;9-6-1-2-7-5(8(6)10)3-4-11-7/h4-6,8H,3,7H2,1-2H3;2*1-4H. The molecule has 1 atom stereocenters. The molecule has 37 heavy (non-hydrogen) atoms. The lowest BCUT2D eigenvalue weighted by Gasteiger charge is -2.10. The van der Waals surface area contributed by atoms with Gasteiger partial charge in [0.25, 0.3) is 0 Å². The van der Waals surface area contributed by atoms with Gasteiger partial charge in [0.15, 0.2) is 0 Å². The molecule has 0 amide bonds. The average Bonchev–Trinajstić information content (AvgIpc) is 3.53. The first-order valence-electron chi connectivity index (χ1n) is 11.0. The minimum atomic E-state index is -0.218. The Labute approximate surface area is 251 Å². The molecule has 3 aromatic carbocycles. The van der Waals surface area contributed by atoms with E-state index < -0.39 is 0 Å². The van der Waals surface area contributed by atoms with Crippen molar-refractivity contribution in [1.29, 1.82) is 0 Å². The van der Waals surface area contributed by atoms with Crippen molar-refractivity contribution >= 4 is 102 Å². The molecular formula is C27H22Br3F3OS3. The molecule has 0 aliphatic rings. The number of thioether (sulfide) groups is 1. The van der Waals surface area contributed by atoms with Gasteiger partial charge >= 0.3 is 0 Å². The van der Waals surface area contributed by atoms with Crippen LogP contribution in [0.5, 0.6) is 0 Å². The van der Waals surface area contributed by atoms with E-state index in [0.717, 1.165) is 32.0 Å². The van der Waals surface area contributed by atoms with Crippen molar-refractivity contribution in [1.82, 2.24) is 0 Å². The van der Waals surface area contributed by atoms with Gasteiger partial charge in [0.2, 0.25) is 0 Å². The molecule has 0 radical (unpaired) electrons. The van der Waals surface area contributed by atoms with Crippen molar-refractivity contribution in [3.05, 3.63) is 96.2 Å². The number of ether oxygens (including phenoxy) is 1. The summed E-state index contributed by atoms with van der Waals surface area (Å²) in [5, 5.41) is 5.63. The molecule has 1 unspecified atom stereocenters. The van der Waals surface area contributed by atoms with E-state index in [-0.39, 0.29) is 23.6 Å². The zero-order chi connectivity index (χ0) is 26.9. The molecule has 5 rings (SSSR count). The predicted octanol–water partition coefficient (Wildman–Crippen LogP) is 11.7. The summed E-state index contributed by atoms with van der Waals surface area (Å²) in [4.78, 5) is 0.933. The molecule has 0 saturated heterocycles. The molecule has 0 saturated carbocycles. The highest BCUT2D eigenvalue weighted by Crippen LogP contribution is 2.29. The van der Waals surface area contributed by atoms with Crippen LogP contribution in [0.3, 0.4) is 0 Å². The fourth-order valence-corrected chi connectivity index (χ4v) is 6.46. The van der Waals surface area contributed by atoms with Crippen LogP contribution in [-0.4, -0.2) is 18.5 Å². The summed E-state index contributed by atoms with van der Waals surface area (Å²) >= 11 is 14.1. The Kier molecular flexibility index (Phi) is 12.5. The average molecular weight is 755 g/mol. The van der Waals surface area contributed by atoms with Crippen LogP contribution in [0.15, 0.2) is 83.7 Å². The first kappa shape index (κ1) is 30.7. The maximum atomic E-state index is 13.2. The summed E-state index contributed by atoms with van der Waals surface area (Å²) in [5.41, 5.74) is 0. The third-order valence-electron chi connectivity index (χ3n) is 4.84. The molecule has 0 aliphatic carbocycles. The zero-order valence-corrected chi connectivity index (χ0v) is 27.0. The van der Waals surface area contributed by atoms with Gasteiger partial charge in [-0.05, 0) is 132 Å².